The molecule has 0 bridgehead atoms. The minimum atomic E-state index is -0.653. The third-order valence-corrected chi connectivity index (χ3v) is 3.14. The number of alkyl carbamates (subject to hydrolysis) is 1. The maximum absolute atomic E-state index is 11.8. The number of nitrogens with one attached hydrogen (secondary N) is 2. The number of carbonyl (C=O) groups excluding carboxylic acids is 2. The van der Waals surface area contributed by atoms with Crippen molar-refractivity contribution in [3.8, 4) is 0 Å². The average molecular weight is 286 g/mol. The van der Waals surface area contributed by atoms with Gasteiger partial charge in [0.25, 0.3) is 0 Å². The summed E-state index contributed by atoms with van der Waals surface area (Å²) in [4.78, 5) is 23.5. The first-order valence-corrected chi connectivity index (χ1v) is 7.10. The van der Waals surface area contributed by atoms with Crippen molar-refractivity contribution in [1.82, 2.24) is 10.6 Å². The summed E-state index contributed by atoms with van der Waals surface area (Å²) in [6, 6.07) is -0.653. The molecule has 0 unspecified atom stereocenters. The van der Waals surface area contributed by atoms with Gasteiger partial charge in [0.2, 0.25) is 0 Å². The lowest BCUT2D eigenvalue weighted by Crippen LogP contribution is -2.46. The molecule has 6 nitrogen and oxygen atoms in total. The van der Waals surface area contributed by atoms with Crippen LogP contribution in [-0.4, -0.2) is 43.9 Å². The highest BCUT2D eigenvalue weighted by Gasteiger charge is 2.28. The van der Waals surface area contributed by atoms with Crippen molar-refractivity contribution in [1.29, 1.82) is 0 Å². The molecule has 20 heavy (non-hydrogen) atoms. The lowest BCUT2D eigenvalue weighted by atomic mass is 9.92. The standard InChI is InChI=1S/C14H26N2O4/c1-14(2,3)20-13(18)16-11(12(17)19-4)8-10-6-5-7-15-9-10/h10-11,15H,5-9H2,1-4H3,(H,16,18)/t10-,11-/m0/s1. The fraction of sp³-hybridized carbons (Fsp3) is 0.857. The highest BCUT2D eigenvalue weighted by molar-refractivity contribution is 5.81. The van der Waals surface area contributed by atoms with E-state index in [0.29, 0.717) is 12.3 Å². The van der Waals surface area contributed by atoms with Gasteiger partial charge in [-0.2, -0.15) is 0 Å². The van der Waals surface area contributed by atoms with Gasteiger partial charge in [-0.05, 0) is 59.0 Å². The van der Waals surface area contributed by atoms with Crippen molar-refractivity contribution < 1.29 is 19.1 Å². The molecule has 1 aliphatic heterocycles. The molecule has 0 aliphatic carbocycles. The number of piperidine rings is 1. The molecule has 1 saturated heterocycles. The summed E-state index contributed by atoms with van der Waals surface area (Å²) in [5.41, 5.74) is -0.586. The number of ether oxygens (including phenoxy) is 2. The summed E-state index contributed by atoms with van der Waals surface area (Å²) in [5, 5.41) is 5.90. The number of hydrogen-bond donors (Lipinski definition) is 2. The number of amides is 1. The maximum Gasteiger partial charge on any atom is 0.408 e. The van der Waals surface area contributed by atoms with Gasteiger partial charge in [-0.25, -0.2) is 9.59 Å². The Morgan fingerprint density at radius 3 is 2.60 bits per heavy atom. The van der Waals surface area contributed by atoms with Crippen LogP contribution in [0.3, 0.4) is 0 Å². The average Bonchev–Trinajstić information content (AvgIpc) is 2.36. The fourth-order valence-corrected chi connectivity index (χ4v) is 2.26. The number of methoxy groups -OCH3 is 1. The van der Waals surface area contributed by atoms with Crippen molar-refractivity contribution in [2.24, 2.45) is 5.92 Å². The summed E-state index contributed by atoms with van der Waals surface area (Å²) in [6.45, 7) is 7.22. The van der Waals surface area contributed by atoms with Crippen LogP contribution < -0.4 is 10.6 Å². The van der Waals surface area contributed by atoms with E-state index in [-0.39, 0.29) is 0 Å². The quantitative estimate of drug-likeness (QED) is 0.765. The third-order valence-electron chi connectivity index (χ3n) is 3.14. The zero-order valence-electron chi connectivity index (χ0n) is 12.8. The van der Waals surface area contributed by atoms with E-state index in [1.165, 1.54) is 7.11 Å². The fourth-order valence-electron chi connectivity index (χ4n) is 2.26. The second-order valence-electron chi connectivity index (χ2n) is 6.17. The van der Waals surface area contributed by atoms with Crippen LogP contribution in [0.1, 0.15) is 40.0 Å². The highest BCUT2D eigenvalue weighted by atomic mass is 16.6. The van der Waals surface area contributed by atoms with Crippen LogP contribution in [-0.2, 0) is 14.3 Å². The minimum absolute atomic E-state index is 0.364. The Labute approximate surface area is 120 Å². The smallest absolute Gasteiger partial charge is 0.408 e. The van der Waals surface area contributed by atoms with E-state index in [1.54, 1.807) is 20.8 Å². The Bertz CT molecular complexity index is 333. The zero-order valence-corrected chi connectivity index (χ0v) is 12.8. The molecular formula is C14H26N2O4. The van der Waals surface area contributed by atoms with E-state index < -0.39 is 23.7 Å². The van der Waals surface area contributed by atoms with Crippen molar-refractivity contribution in [2.45, 2.75) is 51.7 Å². The molecule has 1 heterocycles. The molecule has 2 N–H and O–H groups in total. The Kier molecular flexibility index (Phi) is 6.26. The Hall–Kier alpha value is -1.30. The van der Waals surface area contributed by atoms with Gasteiger partial charge in [0, 0.05) is 0 Å². The van der Waals surface area contributed by atoms with E-state index in [4.69, 9.17) is 9.47 Å². The van der Waals surface area contributed by atoms with Gasteiger partial charge in [0.15, 0.2) is 0 Å². The Morgan fingerprint density at radius 1 is 1.40 bits per heavy atom. The summed E-state index contributed by atoms with van der Waals surface area (Å²) < 4.78 is 9.93. The molecular weight excluding hydrogens is 260 g/mol. The van der Waals surface area contributed by atoms with Crippen LogP contribution >= 0.6 is 0 Å². The van der Waals surface area contributed by atoms with Gasteiger partial charge >= 0.3 is 12.1 Å². The molecule has 0 radical (unpaired) electrons. The molecule has 1 amide bonds. The van der Waals surface area contributed by atoms with Gasteiger partial charge in [-0.1, -0.05) is 0 Å². The van der Waals surface area contributed by atoms with Crippen molar-refractivity contribution in [2.75, 3.05) is 20.2 Å². The van der Waals surface area contributed by atoms with E-state index in [9.17, 15) is 9.59 Å². The molecule has 1 aliphatic rings. The highest BCUT2D eigenvalue weighted by Crippen LogP contribution is 2.17. The topological polar surface area (TPSA) is 76.7 Å². The Morgan fingerprint density at radius 2 is 2.10 bits per heavy atom. The zero-order chi connectivity index (χ0) is 15.2. The number of rotatable bonds is 4. The van der Waals surface area contributed by atoms with Crippen LogP contribution in [0.15, 0.2) is 0 Å². The molecule has 6 heteroatoms. The lowest BCUT2D eigenvalue weighted by Gasteiger charge is -2.27. The Balaban J connectivity index is 2.55. The first-order valence-electron chi connectivity index (χ1n) is 7.10. The van der Waals surface area contributed by atoms with Crippen LogP contribution in [0.2, 0.25) is 0 Å². The first-order chi connectivity index (χ1) is 9.31. The predicted octanol–water partition coefficient (Wildman–Crippen LogP) is 1.44. The molecule has 1 rings (SSSR count). The van der Waals surface area contributed by atoms with Crippen molar-refractivity contribution >= 4 is 12.1 Å². The normalized spacial score (nSPS) is 20.9. The SMILES string of the molecule is COC(=O)[C@H](C[C@@H]1CCCNC1)NC(=O)OC(C)(C)C. The van der Waals surface area contributed by atoms with Gasteiger partial charge in [0.05, 0.1) is 7.11 Å². The van der Waals surface area contributed by atoms with Gasteiger partial charge in [0.1, 0.15) is 11.6 Å². The van der Waals surface area contributed by atoms with E-state index in [1.807, 2.05) is 0 Å². The summed E-state index contributed by atoms with van der Waals surface area (Å²) in [7, 11) is 1.32. The summed E-state index contributed by atoms with van der Waals surface area (Å²) in [6.07, 6.45) is 2.12. The lowest BCUT2D eigenvalue weighted by molar-refractivity contribution is -0.143. The van der Waals surface area contributed by atoms with Crippen LogP contribution in [0.4, 0.5) is 4.79 Å². The monoisotopic (exact) mass is 286 g/mol. The van der Waals surface area contributed by atoms with Crippen LogP contribution in [0.25, 0.3) is 0 Å². The molecule has 116 valence electrons. The molecule has 0 saturated carbocycles. The molecule has 0 aromatic carbocycles. The number of esters is 1. The second-order valence-corrected chi connectivity index (χ2v) is 6.17. The first kappa shape index (κ1) is 16.8. The van der Waals surface area contributed by atoms with Gasteiger partial charge < -0.3 is 20.1 Å². The number of carbonyl (C=O) groups is 2. The van der Waals surface area contributed by atoms with Gasteiger partial charge in [-0.3, -0.25) is 0 Å². The van der Waals surface area contributed by atoms with Crippen LogP contribution in [0.5, 0.6) is 0 Å². The predicted molar refractivity (Wildman–Crippen MR) is 75.4 cm³/mol. The summed E-state index contributed by atoms with van der Waals surface area (Å²) >= 11 is 0. The molecule has 1 fully saturated rings. The molecule has 0 aromatic rings. The second kappa shape index (κ2) is 7.47. The van der Waals surface area contributed by atoms with E-state index in [0.717, 1.165) is 25.9 Å². The third kappa shape index (κ3) is 6.23. The van der Waals surface area contributed by atoms with Crippen LogP contribution in [0, 0.1) is 5.92 Å². The number of hydrogen-bond acceptors (Lipinski definition) is 5. The molecule has 2 atom stereocenters. The maximum atomic E-state index is 11.8. The molecule has 0 spiro atoms. The van der Waals surface area contributed by atoms with E-state index in [2.05, 4.69) is 10.6 Å². The van der Waals surface area contributed by atoms with Crippen molar-refractivity contribution in [3.05, 3.63) is 0 Å². The summed E-state index contributed by atoms with van der Waals surface area (Å²) in [5.74, 6) is -0.0655. The largest absolute Gasteiger partial charge is 0.467 e. The van der Waals surface area contributed by atoms with Crippen molar-refractivity contribution in [3.63, 3.8) is 0 Å². The minimum Gasteiger partial charge on any atom is -0.467 e. The van der Waals surface area contributed by atoms with Gasteiger partial charge in [-0.15, -0.1) is 0 Å². The molecule has 0 aromatic heterocycles. The van der Waals surface area contributed by atoms with E-state index >= 15 is 0 Å².